The summed E-state index contributed by atoms with van der Waals surface area (Å²) in [5, 5.41) is 4.82. The summed E-state index contributed by atoms with van der Waals surface area (Å²) in [7, 11) is -5.50. The predicted molar refractivity (Wildman–Crippen MR) is 212 cm³/mol. The molecule has 0 heterocycles. The van der Waals surface area contributed by atoms with Crippen molar-refractivity contribution >= 4 is 67.8 Å². The van der Waals surface area contributed by atoms with Gasteiger partial charge in [-0.3, -0.25) is 0 Å². The van der Waals surface area contributed by atoms with Crippen molar-refractivity contribution in [1.29, 1.82) is 0 Å². The van der Waals surface area contributed by atoms with Crippen molar-refractivity contribution in [2.75, 3.05) is 0 Å². The molecule has 0 aliphatic heterocycles. The van der Waals surface area contributed by atoms with E-state index in [1.807, 2.05) is 0 Å². The fourth-order valence-corrected chi connectivity index (χ4v) is 85.7. The molecule has 4 heteroatoms. The van der Waals surface area contributed by atoms with Crippen molar-refractivity contribution < 1.29 is 0 Å². The van der Waals surface area contributed by atoms with Crippen molar-refractivity contribution in [2.24, 2.45) is 0 Å². The Balaban J connectivity index is 1.82. The van der Waals surface area contributed by atoms with Gasteiger partial charge in [-0.2, -0.15) is 0 Å². The van der Waals surface area contributed by atoms with Crippen LogP contribution >= 0.6 is 0 Å². The third kappa shape index (κ3) is 8.36. The van der Waals surface area contributed by atoms with Crippen LogP contribution in [0.3, 0.4) is 0 Å². The summed E-state index contributed by atoms with van der Waals surface area (Å²) in [6.07, 6.45) is 2.66. The minimum absolute atomic E-state index is 1.34. The summed E-state index contributed by atoms with van der Waals surface area (Å²) < 4.78 is 6.00. The van der Waals surface area contributed by atoms with Crippen LogP contribution in [0.25, 0.3) is 9.67 Å². The maximum atomic E-state index is 2.67. The first-order valence-corrected chi connectivity index (χ1v) is 33.6. The fourth-order valence-electron chi connectivity index (χ4n) is 7.86. The first-order valence-electron chi connectivity index (χ1n) is 16.5. The molecule has 5 rings (SSSR count). The Labute approximate surface area is 280 Å². The van der Waals surface area contributed by atoms with Gasteiger partial charge in [-0.1, -0.05) is 0 Å². The molecule has 0 amide bonds. The summed E-state index contributed by atoms with van der Waals surface area (Å²) in [6.45, 7) is 16.0. The third-order valence-corrected chi connectivity index (χ3v) is 64.7. The molecule has 5 aromatic carbocycles. The molecule has 0 bridgehead atoms. The van der Waals surface area contributed by atoms with Gasteiger partial charge in [0.05, 0.1) is 0 Å². The summed E-state index contributed by atoms with van der Waals surface area (Å²) in [5.74, 6) is 0. The van der Waals surface area contributed by atoms with Crippen LogP contribution in [-0.4, -0.2) is 42.6 Å². The van der Waals surface area contributed by atoms with Gasteiger partial charge in [-0.15, -0.1) is 0 Å². The Morgan fingerprint density at radius 2 is 0.711 bits per heavy atom. The Morgan fingerprint density at radius 3 is 1.04 bits per heavy atom. The van der Waals surface area contributed by atoms with E-state index in [2.05, 4.69) is 197 Å². The van der Waals surface area contributed by atoms with Crippen LogP contribution in [0.2, 0.25) is 51.5 Å². The molecule has 0 saturated carbocycles. The zero-order chi connectivity index (χ0) is 32.0. The number of rotatable bonds is 12. The average molecular weight is 746 g/mol. The normalized spacial score (nSPS) is 13.1. The van der Waals surface area contributed by atoms with E-state index in [1.165, 1.54) is 23.3 Å². The van der Waals surface area contributed by atoms with E-state index in [9.17, 15) is 0 Å². The van der Waals surface area contributed by atoms with E-state index >= 15 is 0 Å². The van der Waals surface area contributed by atoms with Gasteiger partial charge in [0.1, 0.15) is 0 Å². The number of hydrogen-bond acceptors (Lipinski definition) is 0. The number of benzene rings is 5. The quantitative estimate of drug-likeness (QED) is 0.0882. The first kappa shape index (κ1) is 33.6. The molecule has 0 N–H and O–H groups in total. The second-order valence-electron chi connectivity index (χ2n) is 14.9. The van der Waals surface area contributed by atoms with Crippen molar-refractivity contribution in [2.45, 2.75) is 51.5 Å². The Kier molecular flexibility index (Phi) is 10.7. The second kappa shape index (κ2) is 14.4. The van der Waals surface area contributed by atoms with Gasteiger partial charge in [-0.05, 0) is 0 Å². The first-order chi connectivity index (χ1) is 21.5. The summed E-state index contributed by atoms with van der Waals surface area (Å²) in [4.78, 5) is 0. The summed E-state index contributed by atoms with van der Waals surface area (Å²) in [6, 6.07) is 57.6. The minimum atomic E-state index is -3.41. The van der Waals surface area contributed by atoms with Crippen molar-refractivity contribution in [3.05, 3.63) is 163 Å². The molecule has 5 aromatic rings. The average Bonchev–Trinajstić information content (AvgIpc) is 3.05. The van der Waals surface area contributed by atoms with Crippen LogP contribution < -0.4 is 15.6 Å². The molecule has 0 nitrogen and oxygen atoms in total. The van der Waals surface area contributed by atoms with Crippen molar-refractivity contribution in [3.63, 3.8) is 0 Å². The monoisotopic (exact) mass is 746 g/mol. The predicted octanol–water partition coefficient (Wildman–Crippen LogP) is 9.68. The molecule has 0 aliphatic rings. The Morgan fingerprint density at radius 1 is 0.422 bits per heavy atom. The molecule has 230 valence electrons. The van der Waals surface area contributed by atoms with E-state index in [0.29, 0.717) is 0 Å². The van der Waals surface area contributed by atoms with Gasteiger partial charge in [0.15, 0.2) is 0 Å². The molecular weight excluding hydrogens is 695 g/mol. The van der Waals surface area contributed by atoms with Crippen LogP contribution in [-0.2, 0) is 0 Å². The SMILES string of the molecule is C[Si](C)([CH2][Sn]([CH2][Si](C)(C)c1ccccc1)([CH2][Si](C)(C)c1ccccc1)/[C](=C\c1ccccc1)c1ccccc1)c1ccccc1. The molecule has 0 spiro atoms. The van der Waals surface area contributed by atoms with E-state index in [1.54, 1.807) is 19.1 Å². The van der Waals surface area contributed by atoms with Gasteiger partial charge < -0.3 is 0 Å². The fraction of sp³-hybridized carbons (Fsp3) is 0.220. The van der Waals surface area contributed by atoms with Crippen LogP contribution in [0.5, 0.6) is 0 Å². The molecule has 0 saturated heterocycles. The summed E-state index contributed by atoms with van der Waals surface area (Å²) in [5.41, 5.74) is 2.81. The molecule has 0 atom stereocenters. The van der Waals surface area contributed by atoms with E-state index in [-0.39, 0.29) is 0 Å². The van der Waals surface area contributed by atoms with Crippen molar-refractivity contribution in [3.8, 4) is 0 Å². The third-order valence-electron chi connectivity index (χ3n) is 9.77. The molecule has 45 heavy (non-hydrogen) atoms. The van der Waals surface area contributed by atoms with Crippen LogP contribution in [0.4, 0.5) is 0 Å². The van der Waals surface area contributed by atoms with Gasteiger partial charge >= 0.3 is 282 Å². The Bertz CT molecular complexity index is 1530. The number of hydrogen-bond donors (Lipinski definition) is 0. The van der Waals surface area contributed by atoms with E-state index in [0.717, 1.165) is 0 Å². The van der Waals surface area contributed by atoms with Gasteiger partial charge in [-0.25, -0.2) is 0 Å². The Hall–Kier alpha value is -2.71. The van der Waals surface area contributed by atoms with Gasteiger partial charge in [0.2, 0.25) is 0 Å². The standard InChI is InChI=1S/C14H11.3C9H13Si.Sn/c1-3-7-13(8-4-1)11-12-14-9-5-2-6-10-14;3*1-10(2,3)9-7-5-4-6-8-9;/h1-11H;3*4-8H,1H2,2-3H3;. The molecule has 0 fully saturated rings. The van der Waals surface area contributed by atoms with Crippen molar-refractivity contribution in [1.82, 2.24) is 0 Å². The molecule has 0 unspecified atom stereocenters. The van der Waals surface area contributed by atoms with Crippen LogP contribution in [0.1, 0.15) is 11.1 Å². The van der Waals surface area contributed by atoms with Crippen LogP contribution in [0.15, 0.2) is 152 Å². The van der Waals surface area contributed by atoms with E-state index in [4.69, 9.17) is 0 Å². The van der Waals surface area contributed by atoms with Gasteiger partial charge in [0.25, 0.3) is 0 Å². The second-order valence-corrected chi connectivity index (χ2v) is 46.9. The summed E-state index contributed by atoms with van der Waals surface area (Å²) >= 11 is -3.41. The molecule has 0 aliphatic carbocycles. The molecular formula is C41H50Si3Sn. The molecule has 0 aromatic heterocycles. The van der Waals surface area contributed by atoms with Gasteiger partial charge in [0, 0.05) is 0 Å². The zero-order valence-electron chi connectivity index (χ0n) is 28.1. The van der Waals surface area contributed by atoms with E-state index < -0.39 is 42.6 Å². The topological polar surface area (TPSA) is 0 Å². The molecule has 0 radical (unpaired) electrons. The zero-order valence-corrected chi connectivity index (χ0v) is 34.0. The maximum absolute atomic E-state index is 3.41. The van der Waals surface area contributed by atoms with Crippen LogP contribution in [0, 0.1) is 0 Å².